The van der Waals surface area contributed by atoms with Crippen LogP contribution in [0, 0.1) is 0 Å². The van der Waals surface area contributed by atoms with Crippen molar-refractivity contribution >= 4 is 17.8 Å². The van der Waals surface area contributed by atoms with Crippen LogP contribution in [-0.2, 0) is 42.8 Å². The maximum atomic E-state index is 13.5. The molecule has 14 N–H and O–H groups in total. The molecule has 0 radical (unpaired) electrons. The number of allylic oxidation sites excluding steroid dienone is 2. The first-order chi connectivity index (χ1) is 48.4. The third-order valence-electron chi connectivity index (χ3n) is 20.5. The summed E-state index contributed by atoms with van der Waals surface area (Å²) in [5.74, 6) is -6.09. The smallest absolute Gasteiger partial charge is 0.364 e. The minimum atomic E-state index is -3.08. The van der Waals surface area contributed by atoms with Crippen LogP contribution in [0.4, 0.5) is 0 Å². The SMILES string of the molecule is CCCCCCCCCCCCCC/C=C\CCCCCCCCCCCCCCCC(=O)NC(COC1OC(CO)C(OC2OC(CO)C(O)C(OC3(C(=O)O)CC(O)C(NC(C)=O)C(C(O)C(O)CO)O3)C2O)C(O)C1O)C(O)CCCCCCCCCCCCCCCCCCC. The lowest BCUT2D eigenvalue weighted by molar-refractivity contribution is -0.386. The molecule has 3 fully saturated rings. The van der Waals surface area contributed by atoms with E-state index in [0.717, 1.165) is 58.3 Å². The molecule has 3 rings (SSSR count). The summed E-state index contributed by atoms with van der Waals surface area (Å²) >= 11 is 0. The van der Waals surface area contributed by atoms with Gasteiger partial charge in [0.25, 0.3) is 5.79 Å². The molecular weight excluding hydrogens is 1290 g/mol. The number of carbonyl (C=O) groups is 3. The maximum Gasteiger partial charge on any atom is 0.364 e. The molecule has 23 heteroatoms. The fourth-order valence-electron chi connectivity index (χ4n) is 14.1. The standard InChI is InChI=1S/C77H144N2O21/c1-4-6-8-10-12-14-16-18-20-22-23-24-25-26-27-28-29-30-31-32-33-35-37-39-41-43-45-47-49-51-64(87)79-58(59(84)50-48-46-44-42-40-38-36-34-21-19-17-15-13-11-9-7-5-2)56-95-74-69(91)68(90)71(63(55-82)97-74)98-75-70(92)73(67(89)62(54-81)96-75)100-77(76(93)94)52-60(85)65(78-57(3)83)72(99-77)66(88)61(86)53-80/h26-27,58-63,65-75,80-82,84-86,88-92H,4-25,28-56H2,1-3H3,(H,78,83)(H,79,87)(H,93,94)/b27-26-. The molecule has 3 aliphatic heterocycles. The predicted octanol–water partition coefficient (Wildman–Crippen LogP) is 10.2. The summed E-state index contributed by atoms with van der Waals surface area (Å²) in [5, 5.41) is 136. The van der Waals surface area contributed by atoms with Gasteiger partial charge in [0.1, 0.15) is 67.1 Å². The second-order valence-electron chi connectivity index (χ2n) is 29.3. The lowest BCUT2D eigenvalue weighted by Gasteiger charge is -2.50. The van der Waals surface area contributed by atoms with E-state index in [2.05, 4.69) is 36.6 Å². The van der Waals surface area contributed by atoms with Crippen LogP contribution in [0.3, 0.4) is 0 Å². The van der Waals surface area contributed by atoms with Gasteiger partial charge < -0.3 is 100 Å². The van der Waals surface area contributed by atoms with E-state index in [1.165, 1.54) is 218 Å². The number of carbonyl (C=O) groups excluding carboxylic acids is 2. The topological polar surface area (TPSA) is 373 Å². The Hall–Kier alpha value is -2.53. The molecule has 0 aromatic heterocycles. The minimum Gasteiger partial charge on any atom is -0.477 e. The van der Waals surface area contributed by atoms with Crippen LogP contribution in [-0.4, -0.2) is 215 Å². The first kappa shape index (κ1) is 91.7. The number of aliphatic carboxylic acids is 1. The largest absolute Gasteiger partial charge is 0.477 e. The van der Waals surface area contributed by atoms with E-state index in [-0.39, 0.29) is 18.9 Å². The Morgan fingerprint density at radius 1 is 0.510 bits per heavy atom. The highest BCUT2D eigenvalue weighted by atomic mass is 16.8. The van der Waals surface area contributed by atoms with Gasteiger partial charge in [-0.1, -0.05) is 276 Å². The Morgan fingerprint density at radius 2 is 0.930 bits per heavy atom. The van der Waals surface area contributed by atoms with E-state index in [9.17, 15) is 75.7 Å². The molecule has 0 aromatic carbocycles. The molecule has 100 heavy (non-hydrogen) atoms. The number of hydrogen-bond acceptors (Lipinski definition) is 20. The zero-order valence-electron chi connectivity index (χ0n) is 62.1. The number of carboxylic acids is 1. The van der Waals surface area contributed by atoms with Gasteiger partial charge in [0.2, 0.25) is 11.8 Å². The van der Waals surface area contributed by atoms with E-state index in [1.807, 2.05) is 0 Å². The number of hydrogen-bond donors (Lipinski definition) is 14. The van der Waals surface area contributed by atoms with Gasteiger partial charge in [-0.2, -0.15) is 0 Å². The molecule has 3 saturated heterocycles. The highest BCUT2D eigenvalue weighted by Gasteiger charge is 2.60. The lowest BCUT2D eigenvalue weighted by atomic mass is 9.88. The van der Waals surface area contributed by atoms with Gasteiger partial charge in [-0.25, -0.2) is 4.79 Å². The summed E-state index contributed by atoms with van der Waals surface area (Å²) < 4.78 is 35.0. The van der Waals surface area contributed by atoms with E-state index in [1.54, 1.807) is 0 Å². The maximum absolute atomic E-state index is 13.5. The number of unbranched alkanes of at least 4 members (excludes halogenated alkanes) is 41. The Bertz CT molecular complexity index is 2050. The second-order valence-corrected chi connectivity index (χ2v) is 29.3. The van der Waals surface area contributed by atoms with Crippen molar-refractivity contribution in [3.8, 4) is 0 Å². The third kappa shape index (κ3) is 37.1. The fraction of sp³-hybridized carbons (Fsp3) is 0.935. The molecule has 18 atom stereocenters. The highest BCUT2D eigenvalue weighted by Crippen LogP contribution is 2.39. The van der Waals surface area contributed by atoms with Crippen LogP contribution in [0.5, 0.6) is 0 Å². The van der Waals surface area contributed by atoms with Crippen molar-refractivity contribution in [3.63, 3.8) is 0 Å². The summed E-state index contributed by atoms with van der Waals surface area (Å²) in [5.41, 5.74) is 0. The predicted molar refractivity (Wildman–Crippen MR) is 385 cm³/mol. The van der Waals surface area contributed by atoms with Crippen molar-refractivity contribution in [1.29, 1.82) is 0 Å². The van der Waals surface area contributed by atoms with Crippen molar-refractivity contribution in [3.05, 3.63) is 12.2 Å². The average molecular weight is 1430 g/mol. The molecule has 3 heterocycles. The van der Waals surface area contributed by atoms with Crippen molar-refractivity contribution in [2.24, 2.45) is 0 Å². The molecule has 18 unspecified atom stereocenters. The monoisotopic (exact) mass is 1430 g/mol. The van der Waals surface area contributed by atoms with Crippen LogP contribution >= 0.6 is 0 Å². The molecule has 0 spiro atoms. The molecule has 0 aromatic rings. The molecular formula is C77H144N2O21. The Balaban J connectivity index is 1.49. The quantitative estimate of drug-likeness (QED) is 0.0199. The highest BCUT2D eigenvalue weighted by molar-refractivity contribution is 5.77. The van der Waals surface area contributed by atoms with Gasteiger partial charge in [-0.15, -0.1) is 0 Å². The van der Waals surface area contributed by atoms with Crippen molar-refractivity contribution in [2.75, 3.05) is 26.4 Å². The van der Waals surface area contributed by atoms with Crippen molar-refractivity contribution < 1.29 is 104 Å². The first-order valence-electron chi connectivity index (χ1n) is 40.0. The minimum absolute atomic E-state index is 0.226. The van der Waals surface area contributed by atoms with E-state index in [0.29, 0.717) is 19.3 Å². The van der Waals surface area contributed by atoms with Gasteiger partial charge in [0.05, 0.1) is 50.7 Å². The molecule has 23 nitrogen and oxygen atoms in total. The zero-order valence-corrected chi connectivity index (χ0v) is 62.1. The van der Waals surface area contributed by atoms with E-state index in [4.69, 9.17) is 28.4 Å². The second kappa shape index (κ2) is 56.8. The van der Waals surface area contributed by atoms with Gasteiger partial charge >= 0.3 is 5.97 Å². The Kier molecular flexibility index (Phi) is 52.0. The molecule has 588 valence electrons. The number of ether oxygens (including phenoxy) is 6. The average Bonchev–Trinajstić information content (AvgIpc) is 0.755. The Labute approximate surface area is 601 Å². The number of rotatable bonds is 63. The lowest BCUT2D eigenvalue weighted by Crippen LogP contribution is -2.70. The molecule has 0 aliphatic carbocycles. The van der Waals surface area contributed by atoms with Gasteiger partial charge in [-0.3, -0.25) is 9.59 Å². The summed E-state index contributed by atoms with van der Waals surface area (Å²) in [4.78, 5) is 38.7. The normalized spacial score (nSPS) is 27.0. The van der Waals surface area contributed by atoms with Gasteiger partial charge in [0, 0.05) is 19.8 Å². The molecule has 2 amide bonds. The summed E-state index contributed by atoms with van der Waals surface area (Å²) in [7, 11) is 0. The van der Waals surface area contributed by atoms with Crippen LogP contribution in [0.25, 0.3) is 0 Å². The van der Waals surface area contributed by atoms with Crippen LogP contribution in [0.1, 0.15) is 323 Å². The fourth-order valence-corrected chi connectivity index (χ4v) is 14.1. The summed E-state index contributed by atoms with van der Waals surface area (Å²) in [6, 6.07) is -2.53. The van der Waals surface area contributed by atoms with Gasteiger partial charge in [-0.05, 0) is 38.5 Å². The van der Waals surface area contributed by atoms with Crippen LogP contribution in [0.15, 0.2) is 12.2 Å². The molecule has 3 aliphatic rings. The number of amides is 2. The summed E-state index contributed by atoms with van der Waals surface area (Å²) in [6.45, 7) is 2.25. The Morgan fingerprint density at radius 3 is 1.35 bits per heavy atom. The molecule has 0 saturated carbocycles. The molecule has 0 bridgehead atoms. The van der Waals surface area contributed by atoms with E-state index < -0.39 is 148 Å². The van der Waals surface area contributed by atoms with Crippen molar-refractivity contribution in [2.45, 2.75) is 432 Å². The van der Waals surface area contributed by atoms with Crippen LogP contribution in [0.2, 0.25) is 0 Å². The zero-order chi connectivity index (χ0) is 73.2. The summed E-state index contributed by atoms with van der Waals surface area (Å²) in [6.07, 6.45) is 30.7. The number of carboxylic acid groups (broad SMARTS) is 1. The first-order valence-corrected chi connectivity index (χ1v) is 40.0. The van der Waals surface area contributed by atoms with Crippen LogP contribution < -0.4 is 10.6 Å². The van der Waals surface area contributed by atoms with Crippen molar-refractivity contribution in [1.82, 2.24) is 10.6 Å². The number of aliphatic hydroxyl groups excluding tert-OH is 11. The number of nitrogens with one attached hydrogen (secondary N) is 2. The number of aliphatic hydroxyl groups is 11. The third-order valence-corrected chi connectivity index (χ3v) is 20.5. The van der Waals surface area contributed by atoms with Gasteiger partial charge in [0.15, 0.2) is 12.6 Å². The van der Waals surface area contributed by atoms with E-state index >= 15 is 0 Å².